The van der Waals surface area contributed by atoms with Gasteiger partial charge in [0.25, 0.3) is 0 Å². The van der Waals surface area contributed by atoms with Gasteiger partial charge in [-0.25, -0.2) is 0 Å². The van der Waals surface area contributed by atoms with Crippen LogP contribution in [0.2, 0.25) is 0 Å². The molecule has 1 atom stereocenters. The molecule has 0 aromatic carbocycles. The third kappa shape index (κ3) is 14.4. The molecule has 0 bridgehead atoms. The summed E-state index contributed by atoms with van der Waals surface area (Å²) in [4.78, 5) is 11.2. The Kier molecular flexibility index (Phi) is 16.4. The highest BCUT2D eigenvalue weighted by Gasteiger charge is 2.09. The Morgan fingerprint density at radius 3 is 1.27 bits per heavy atom. The number of rotatable bonds is 17. The van der Waals surface area contributed by atoms with Gasteiger partial charge in [0, 0.05) is 5.97 Å². The molecule has 0 fully saturated rings. The van der Waals surface area contributed by atoms with Crippen LogP contribution >= 0.6 is 0 Å². The van der Waals surface area contributed by atoms with Crippen LogP contribution in [-0.2, 0) is 4.79 Å². The third-order valence-electron chi connectivity index (χ3n) is 4.65. The third-order valence-corrected chi connectivity index (χ3v) is 4.65. The molecule has 22 heavy (non-hydrogen) atoms. The number of carbonyl (C=O) groups is 1. The first-order valence-electron chi connectivity index (χ1n) is 9.93. The fourth-order valence-electron chi connectivity index (χ4n) is 3.08. The maximum absolute atomic E-state index is 11.2. The highest BCUT2D eigenvalue weighted by Crippen LogP contribution is 2.19. The van der Waals surface area contributed by atoms with Gasteiger partial charge in [-0.15, -0.1) is 0 Å². The van der Waals surface area contributed by atoms with Crippen LogP contribution in [0.15, 0.2) is 0 Å². The van der Waals surface area contributed by atoms with E-state index in [0.29, 0.717) is 0 Å². The molecule has 0 aromatic rings. The summed E-state index contributed by atoms with van der Waals surface area (Å²) in [5, 5.41) is 11.2. The van der Waals surface area contributed by atoms with E-state index in [9.17, 15) is 9.90 Å². The molecule has 0 N–H and O–H groups in total. The number of aliphatic carboxylic acids is 1. The van der Waals surface area contributed by atoms with Crippen molar-refractivity contribution in [3.8, 4) is 0 Å². The minimum absolute atomic E-state index is 0.203. The molecule has 0 aromatic heterocycles. The standard InChI is InChI=1S/C20H40O2/c1-3-5-7-9-11-12-14-16-18-19(20(21)22)17-15-13-10-8-6-4-2/h19H,3-18H2,1-2H3,(H,21,22)/p-1. The molecule has 0 rings (SSSR count). The van der Waals surface area contributed by atoms with Gasteiger partial charge in [-0.2, -0.15) is 0 Å². The second-order valence-electron chi connectivity index (χ2n) is 6.84. The van der Waals surface area contributed by atoms with E-state index in [-0.39, 0.29) is 5.92 Å². The number of hydrogen-bond donors (Lipinski definition) is 0. The molecule has 0 spiro atoms. The van der Waals surface area contributed by atoms with Crippen LogP contribution in [-0.4, -0.2) is 5.97 Å². The summed E-state index contributed by atoms with van der Waals surface area (Å²) in [5.41, 5.74) is 0. The van der Waals surface area contributed by atoms with Crippen molar-refractivity contribution in [3.63, 3.8) is 0 Å². The van der Waals surface area contributed by atoms with Crippen LogP contribution in [0.5, 0.6) is 0 Å². The van der Waals surface area contributed by atoms with Gasteiger partial charge in [0.15, 0.2) is 0 Å². The van der Waals surface area contributed by atoms with Crippen LogP contribution in [0.4, 0.5) is 0 Å². The lowest BCUT2D eigenvalue weighted by atomic mass is 9.94. The monoisotopic (exact) mass is 311 g/mol. The first-order chi connectivity index (χ1) is 10.7. The van der Waals surface area contributed by atoms with E-state index in [1.54, 1.807) is 0 Å². The molecule has 0 aliphatic carbocycles. The molecule has 2 heteroatoms. The van der Waals surface area contributed by atoms with Crippen molar-refractivity contribution in [2.24, 2.45) is 5.92 Å². The van der Waals surface area contributed by atoms with Crippen LogP contribution in [0.3, 0.4) is 0 Å². The van der Waals surface area contributed by atoms with Crippen molar-refractivity contribution in [3.05, 3.63) is 0 Å². The van der Waals surface area contributed by atoms with Crippen LogP contribution < -0.4 is 5.11 Å². The van der Waals surface area contributed by atoms with Crippen LogP contribution in [0.25, 0.3) is 0 Å². The zero-order chi connectivity index (χ0) is 16.5. The van der Waals surface area contributed by atoms with Crippen molar-refractivity contribution in [1.29, 1.82) is 0 Å². The minimum Gasteiger partial charge on any atom is -0.550 e. The van der Waals surface area contributed by atoms with E-state index in [2.05, 4.69) is 13.8 Å². The summed E-state index contributed by atoms with van der Waals surface area (Å²) in [6.45, 7) is 4.46. The molecule has 0 aliphatic heterocycles. The van der Waals surface area contributed by atoms with Crippen LogP contribution in [0.1, 0.15) is 117 Å². The lowest BCUT2D eigenvalue weighted by molar-refractivity contribution is -0.312. The van der Waals surface area contributed by atoms with E-state index in [1.807, 2.05) is 0 Å². The zero-order valence-electron chi connectivity index (χ0n) is 15.2. The van der Waals surface area contributed by atoms with E-state index in [0.717, 1.165) is 25.7 Å². The number of carboxylic acid groups (broad SMARTS) is 1. The molecule has 0 amide bonds. The number of unbranched alkanes of at least 4 members (excludes halogenated alkanes) is 12. The predicted octanol–water partition coefficient (Wildman–Crippen LogP) is 5.63. The molecule has 132 valence electrons. The zero-order valence-corrected chi connectivity index (χ0v) is 15.2. The summed E-state index contributed by atoms with van der Waals surface area (Å²) in [6, 6.07) is 0. The molecule has 0 heterocycles. The Bertz CT molecular complexity index is 238. The topological polar surface area (TPSA) is 40.1 Å². The first kappa shape index (κ1) is 21.5. The summed E-state index contributed by atoms with van der Waals surface area (Å²) in [5.74, 6) is -1.03. The molecule has 1 unspecified atom stereocenters. The molecule has 0 saturated carbocycles. The first-order valence-corrected chi connectivity index (χ1v) is 9.93. The fraction of sp³-hybridized carbons (Fsp3) is 0.950. The van der Waals surface area contributed by atoms with Gasteiger partial charge in [-0.05, 0) is 18.8 Å². The largest absolute Gasteiger partial charge is 0.550 e. The van der Waals surface area contributed by atoms with Gasteiger partial charge >= 0.3 is 0 Å². The maximum Gasteiger partial charge on any atom is 0.0445 e. The van der Waals surface area contributed by atoms with Crippen molar-refractivity contribution < 1.29 is 9.90 Å². The van der Waals surface area contributed by atoms with Gasteiger partial charge in [0.2, 0.25) is 0 Å². The van der Waals surface area contributed by atoms with E-state index in [4.69, 9.17) is 0 Å². The summed E-state index contributed by atoms with van der Waals surface area (Å²) >= 11 is 0. The van der Waals surface area contributed by atoms with Crippen molar-refractivity contribution >= 4 is 5.97 Å². The van der Waals surface area contributed by atoms with E-state index in [1.165, 1.54) is 77.0 Å². The molecule has 0 saturated heterocycles. The van der Waals surface area contributed by atoms with Gasteiger partial charge in [0.1, 0.15) is 0 Å². The quantitative estimate of drug-likeness (QED) is 0.326. The van der Waals surface area contributed by atoms with Crippen molar-refractivity contribution in [2.45, 2.75) is 117 Å². The van der Waals surface area contributed by atoms with Gasteiger partial charge < -0.3 is 9.90 Å². The lowest BCUT2D eigenvalue weighted by Gasteiger charge is -2.17. The second-order valence-corrected chi connectivity index (χ2v) is 6.84. The predicted molar refractivity (Wildman–Crippen MR) is 93.7 cm³/mol. The summed E-state index contributed by atoms with van der Waals surface area (Å²) in [7, 11) is 0. The Morgan fingerprint density at radius 2 is 0.955 bits per heavy atom. The number of hydrogen-bond acceptors (Lipinski definition) is 2. The molecule has 2 nitrogen and oxygen atoms in total. The maximum atomic E-state index is 11.2. The minimum atomic E-state index is -0.823. The number of carbonyl (C=O) groups excluding carboxylic acids is 1. The second kappa shape index (κ2) is 16.8. The normalized spacial score (nSPS) is 12.5. The van der Waals surface area contributed by atoms with E-state index < -0.39 is 5.97 Å². The lowest BCUT2D eigenvalue weighted by Crippen LogP contribution is -2.31. The van der Waals surface area contributed by atoms with Crippen molar-refractivity contribution in [2.75, 3.05) is 0 Å². The average Bonchev–Trinajstić information content (AvgIpc) is 2.50. The molecule has 0 radical (unpaired) electrons. The Balaban J connectivity index is 3.50. The molecular weight excluding hydrogens is 272 g/mol. The summed E-state index contributed by atoms with van der Waals surface area (Å²) in [6.07, 6.45) is 19.2. The Morgan fingerprint density at radius 1 is 0.636 bits per heavy atom. The molecule has 0 aliphatic rings. The van der Waals surface area contributed by atoms with Gasteiger partial charge in [-0.1, -0.05) is 104 Å². The van der Waals surface area contributed by atoms with Gasteiger partial charge in [-0.3, -0.25) is 0 Å². The van der Waals surface area contributed by atoms with Crippen molar-refractivity contribution in [1.82, 2.24) is 0 Å². The Hall–Kier alpha value is -0.530. The number of carboxylic acids is 1. The smallest absolute Gasteiger partial charge is 0.0445 e. The highest BCUT2D eigenvalue weighted by atomic mass is 16.4. The summed E-state index contributed by atoms with van der Waals surface area (Å²) < 4.78 is 0. The SMILES string of the molecule is CCCCCCCCCCC(CCCCCCCC)C(=O)[O-]. The fourth-order valence-corrected chi connectivity index (χ4v) is 3.08. The Labute approximate surface area is 139 Å². The van der Waals surface area contributed by atoms with Gasteiger partial charge in [0.05, 0.1) is 0 Å². The van der Waals surface area contributed by atoms with Crippen LogP contribution in [0, 0.1) is 5.92 Å². The molecular formula is C20H39O2-. The highest BCUT2D eigenvalue weighted by molar-refractivity contribution is 5.67. The average molecular weight is 312 g/mol. The van der Waals surface area contributed by atoms with E-state index >= 15 is 0 Å².